The third-order valence-electron chi connectivity index (χ3n) is 4.76. The molecule has 142 valence electrons. The highest BCUT2D eigenvalue weighted by atomic mass is 32.2. The molecule has 4 nitrogen and oxygen atoms in total. The standard InChI is InChI=1S/C23H21NO3S/c1-16-14-17(10-11-22(16)27-15-23(25)26)28-13-12-24-20-8-4-2-6-18(20)19-7-3-5-9-21(19)24/h2-11,14H,12-13,15H2,1H3,(H,25,26). The van der Waals surface area contributed by atoms with E-state index in [2.05, 4.69) is 53.1 Å². The van der Waals surface area contributed by atoms with Gasteiger partial charge in [-0.25, -0.2) is 4.79 Å². The molecule has 5 heteroatoms. The Bertz CT molecular complexity index is 1100. The predicted molar refractivity (Wildman–Crippen MR) is 114 cm³/mol. The second-order valence-corrected chi connectivity index (χ2v) is 7.81. The molecule has 0 spiro atoms. The molecule has 0 radical (unpaired) electrons. The highest BCUT2D eigenvalue weighted by Gasteiger charge is 2.10. The van der Waals surface area contributed by atoms with Crippen molar-refractivity contribution in [1.29, 1.82) is 0 Å². The summed E-state index contributed by atoms with van der Waals surface area (Å²) in [5.74, 6) is 0.593. The first-order chi connectivity index (χ1) is 13.6. The molecule has 1 aromatic heterocycles. The van der Waals surface area contributed by atoms with Crippen LogP contribution in [0.4, 0.5) is 0 Å². The lowest BCUT2D eigenvalue weighted by molar-refractivity contribution is -0.139. The summed E-state index contributed by atoms with van der Waals surface area (Å²) >= 11 is 1.79. The molecule has 0 amide bonds. The maximum atomic E-state index is 10.7. The molecule has 4 rings (SSSR count). The van der Waals surface area contributed by atoms with Gasteiger partial charge in [0.1, 0.15) is 5.75 Å². The summed E-state index contributed by atoms with van der Waals surface area (Å²) in [4.78, 5) is 11.8. The van der Waals surface area contributed by atoms with Gasteiger partial charge in [0.2, 0.25) is 0 Å². The normalized spacial score (nSPS) is 11.2. The molecule has 0 bridgehead atoms. The van der Waals surface area contributed by atoms with Gasteiger partial charge in [-0.1, -0.05) is 36.4 Å². The second-order valence-electron chi connectivity index (χ2n) is 6.64. The number of carboxylic acids is 1. The number of aliphatic carboxylic acids is 1. The van der Waals surface area contributed by atoms with Crippen LogP contribution in [0, 0.1) is 6.92 Å². The molecule has 0 aliphatic carbocycles. The van der Waals surface area contributed by atoms with Crippen molar-refractivity contribution in [1.82, 2.24) is 4.57 Å². The van der Waals surface area contributed by atoms with E-state index in [0.717, 1.165) is 22.8 Å². The van der Waals surface area contributed by atoms with Crippen LogP contribution in [0.1, 0.15) is 5.56 Å². The van der Waals surface area contributed by atoms with Gasteiger partial charge < -0.3 is 14.4 Å². The monoisotopic (exact) mass is 391 g/mol. The fourth-order valence-corrected chi connectivity index (χ4v) is 4.45. The summed E-state index contributed by atoms with van der Waals surface area (Å²) in [6.07, 6.45) is 0. The predicted octanol–water partition coefficient (Wildman–Crippen LogP) is 5.36. The van der Waals surface area contributed by atoms with E-state index in [1.165, 1.54) is 21.8 Å². The van der Waals surface area contributed by atoms with E-state index in [1.807, 2.05) is 25.1 Å². The first-order valence-corrected chi connectivity index (χ1v) is 10.2. The third-order valence-corrected chi connectivity index (χ3v) is 5.73. The number of nitrogens with zero attached hydrogens (tertiary/aromatic N) is 1. The van der Waals surface area contributed by atoms with Crippen molar-refractivity contribution >= 4 is 39.5 Å². The molecule has 1 N–H and O–H groups in total. The minimum absolute atomic E-state index is 0.318. The fourth-order valence-electron chi connectivity index (χ4n) is 3.51. The van der Waals surface area contributed by atoms with Crippen molar-refractivity contribution in [2.45, 2.75) is 18.4 Å². The highest BCUT2D eigenvalue weighted by Crippen LogP contribution is 2.30. The summed E-state index contributed by atoms with van der Waals surface area (Å²) in [5, 5.41) is 11.3. The van der Waals surface area contributed by atoms with Gasteiger partial charge in [0.05, 0.1) is 0 Å². The Morgan fingerprint density at radius 2 is 1.64 bits per heavy atom. The second kappa shape index (κ2) is 7.98. The van der Waals surface area contributed by atoms with E-state index >= 15 is 0 Å². The van der Waals surface area contributed by atoms with Crippen molar-refractivity contribution in [3.05, 3.63) is 72.3 Å². The van der Waals surface area contributed by atoms with E-state index in [1.54, 1.807) is 11.8 Å². The SMILES string of the molecule is Cc1cc(SCCn2c3ccccc3c3ccccc32)ccc1OCC(=O)O. The van der Waals surface area contributed by atoms with Crippen molar-refractivity contribution in [3.63, 3.8) is 0 Å². The van der Waals surface area contributed by atoms with E-state index < -0.39 is 5.97 Å². The topological polar surface area (TPSA) is 51.5 Å². The van der Waals surface area contributed by atoms with E-state index in [9.17, 15) is 4.79 Å². The van der Waals surface area contributed by atoms with Crippen molar-refractivity contribution in [2.75, 3.05) is 12.4 Å². The van der Waals surface area contributed by atoms with Gasteiger partial charge >= 0.3 is 5.97 Å². The zero-order valence-corrected chi connectivity index (χ0v) is 16.4. The Morgan fingerprint density at radius 3 is 2.25 bits per heavy atom. The van der Waals surface area contributed by atoms with Crippen molar-refractivity contribution < 1.29 is 14.6 Å². The molecule has 3 aromatic carbocycles. The van der Waals surface area contributed by atoms with Crippen LogP contribution in [-0.4, -0.2) is 28.0 Å². The number of rotatable bonds is 7. The molecule has 4 aromatic rings. The van der Waals surface area contributed by atoms with Crippen LogP contribution in [0.2, 0.25) is 0 Å². The lowest BCUT2D eigenvalue weighted by atomic mass is 10.2. The lowest BCUT2D eigenvalue weighted by Crippen LogP contribution is -2.10. The molecule has 0 aliphatic heterocycles. The lowest BCUT2D eigenvalue weighted by Gasteiger charge is -2.10. The summed E-state index contributed by atoms with van der Waals surface area (Å²) in [6, 6.07) is 23.0. The Morgan fingerprint density at radius 1 is 1.00 bits per heavy atom. The quantitative estimate of drug-likeness (QED) is 0.431. The molecule has 0 saturated heterocycles. The molecule has 0 saturated carbocycles. The van der Waals surface area contributed by atoms with Crippen LogP contribution in [0.5, 0.6) is 5.75 Å². The molecule has 0 unspecified atom stereocenters. The first kappa shape index (κ1) is 18.4. The van der Waals surface area contributed by atoms with Gasteiger partial charge in [0.15, 0.2) is 6.61 Å². The number of para-hydroxylation sites is 2. The Hall–Kier alpha value is -2.92. The number of carbonyl (C=O) groups is 1. The number of hydrogen-bond acceptors (Lipinski definition) is 3. The highest BCUT2D eigenvalue weighted by molar-refractivity contribution is 7.99. The van der Waals surface area contributed by atoms with Crippen LogP contribution in [0.3, 0.4) is 0 Å². The van der Waals surface area contributed by atoms with Crippen molar-refractivity contribution in [2.24, 2.45) is 0 Å². The largest absolute Gasteiger partial charge is 0.482 e. The minimum Gasteiger partial charge on any atom is -0.482 e. The van der Waals surface area contributed by atoms with E-state index in [0.29, 0.717) is 5.75 Å². The number of ether oxygens (including phenoxy) is 1. The molecule has 0 fully saturated rings. The fraction of sp³-hybridized carbons (Fsp3) is 0.174. The summed E-state index contributed by atoms with van der Waals surface area (Å²) < 4.78 is 7.68. The number of benzene rings is 3. The molecule has 0 atom stereocenters. The van der Waals surface area contributed by atoms with Crippen LogP contribution >= 0.6 is 11.8 Å². The molecule has 28 heavy (non-hydrogen) atoms. The van der Waals surface area contributed by atoms with Gasteiger partial charge in [0.25, 0.3) is 0 Å². The van der Waals surface area contributed by atoms with Crippen LogP contribution in [0.15, 0.2) is 71.6 Å². The van der Waals surface area contributed by atoms with E-state index in [4.69, 9.17) is 9.84 Å². The van der Waals surface area contributed by atoms with Crippen LogP contribution in [-0.2, 0) is 11.3 Å². The summed E-state index contributed by atoms with van der Waals surface area (Å²) in [6.45, 7) is 2.53. The average molecular weight is 391 g/mol. The van der Waals surface area contributed by atoms with Crippen LogP contribution in [0.25, 0.3) is 21.8 Å². The average Bonchev–Trinajstić information content (AvgIpc) is 3.01. The molecular weight excluding hydrogens is 370 g/mol. The van der Waals surface area contributed by atoms with Gasteiger partial charge in [-0.2, -0.15) is 0 Å². The molecule has 0 aliphatic rings. The third kappa shape index (κ3) is 3.71. The maximum absolute atomic E-state index is 10.7. The Balaban J connectivity index is 1.50. The minimum atomic E-state index is -0.968. The zero-order chi connectivity index (χ0) is 19.5. The Kier molecular flexibility index (Phi) is 5.26. The number of thioether (sulfide) groups is 1. The maximum Gasteiger partial charge on any atom is 0.341 e. The first-order valence-electron chi connectivity index (χ1n) is 9.17. The van der Waals surface area contributed by atoms with Gasteiger partial charge in [-0.15, -0.1) is 11.8 Å². The number of fused-ring (bicyclic) bond motifs is 3. The smallest absolute Gasteiger partial charge is 0.341 e. The molecular formula is C23H21NO3S. The van der Waals surface area contributed by atoms with Gasteiger partial charge in [-0.3, -0.25) is 0 Å². The number of hydrogen-bond donors (Lipinski definition) is 1. The summed E-state index contributed by atoms with van der Waals surface area (Å²) in [7, 11) is 0. The Labute approximate surface area is 167 Å². The van der Waals surface area contributed by atoms with Crippen molar-refractivity contribution in [3.8, 4) is 5.75 Å². The summed E-state index contributed by atoms with van der Waals surface area (Å²) in [5.41, 5.74) is 3.47. The van der Waals surface area contributed by atoms with Crippen LogP contribution < -0.4 is 4.74 Å². The number of aromatic nitrogens is 1. The molecule has 1 heterocycles. The number of carboxylic acid groups (broad SMARTS) is 1. The zero-order valence-electron chi connectivity index (χ0n) is 15.6. The van der Waals surface area contributed by atoms with E-state index in [-0.39, 0.29) is 6.61 Å². The van der Waals surface area contributed by atoms with Gasteiger partial charge in [0, 0.05) is 39.0 Å². The number of aryl methyl sites for hydroxylation is 2. The van der Waals surface area contributed by atoms with Gasteiger partial charge in [-0.05, 0) is 42.8 Å².